The van der Waals surface area contributed by atoms with Gasteiger partial charge in [-0.25, -0.2) is 4.98 Å². The third kappa shape index (κ3) is 5.89. The summed E-state index contributed by atoms with van der Waals surface area (Å²) in [6, 6.07) is 5.87. The molecule has 0 radical (unpaired) electrons. The van der Waals surface area contributed by atoms with Gasteiger partial charge in [0.1, 0.15) is 5.01 Å². The molecule has 0 fully saturated rings. The summed E-state index contributed by atoms with van der Waals surface area (Å²) in [4.78, 5) is 8.89. The summed E-state index contributed by atoms with van der Waals surface area (Å²) in [7, 11) is 1.68. The lowest BCUT2D eigenvalue weighted by molar-refractivity contribution is 0.0694. The van der Waals surface area contributed by atoms with Crippen LogP contribution in [0.15, 0.2) is 29.8 Å². The van der Waals surface area contributed by atoms with E-state index in [4.69, 9.17) is 9.47 Å². The molecule has 2 heterocycles. The number of rotatable bonds is 10. The van der Waals surface area contributed by atoms with Crippen LogP contribution in [0.1, 0.15) is 12.1 Å². The second kappa shape index (κ2) is 9.57. The highest BCUT2D eigenvalue weighted by atomic mass is 32.1. The van der Waals surface area contributed by atoms with Crippen LogP contribution in [0.2, 0.25) is 0 Å². The Morgan fingerprint density at radius 2 is 2.19 bits per heavy atom. The summed E-state index contributed by atoms with van der Waals surface area (Å²) in [6.07, 6.45) is 2.78. The molecular weight excluding hydrogens is 286 g/mol. The Hall–Kier alpha value is -1.34. The molecule has 0 unspecified atom stereocenters. The van der Waals surface area contributed by atoms with Gasteiger partial charge in [-0.3, -0.25) is 4.98 Å². The molecule has 6 heteroatoms. The van der Waals surface area contributed by atoms with Crippen molar-refractivity contribution in [3.8, 4) is 10.7 Å². The number of pyridine rings is 1. The molecule has 0 bridgehead atoms. The quantitative estimate of drug-likeness (QED) is 0.683. The van der Waals surface area contributed by atoms with E-state index in [9.17, 15) is 0 Å². The lowest BCUT2D eigenvalue weighted by atomic mass is 10.3. The van der Waals surface area contributed by atoms with Gasteiger partial charge in [0, 0.05) is 31.8 Å². The monoisotopic (exact) mass is 307 g/mol. The van der Waals surface area contributed by atoms with Crippen molar-refractivity contribution >= 4 is 11.3 Å². The summed E-state index contributed by atoms with van der Waals surface area (Å²) < 4.78 is 10.3. The van der Waals surface area contributed by atoms with Crippen molar-refractivity contribution in [2.24, 2.45) is 0 Å². The topological polar surface area (TPSA) is 56.3 Å². The minimum absolute atomic E-state index is 0.655. The van der Waals surface area contributed by atoms with Crippen LogP contribution in [0.25, 0.3) is 10.7 Å². The van der Waals surface area contributed by atoms with Crippen LogP contribution in [0.5, 0.6) is 0 Å². The van der Waals surface area contributed by atoms with Gasteiger partial charge < -0.3 is 14.8 Å². The molecule has 5 nitrogen and oxygen atoms in total. The molecule has 21 heavy (non-hydrogen) atoms. The molecule has 2 aromatic rings. The van der Waals surface area contributed by atoms with Crippen LogP contribution in [-0.2, 0) is 16.0 Å². The number of nitrogens with one attached hydrogen (secondary N) is 1. The second-order valence-electron chi connectivity index (χ2n) is 4.49. The number of hydrogen-bond donors (Lipinski definition) is 1. The smallest absolute Gasteiger partial charge is 0.142 e. The molecule has 1 N–H and O–H groups in total. The van der Waals surface area contributed by atoms with E-state index in [1.54, 1.807) is 24.6 Å². The number of nitrogens with zero attached hydrogens (tertiary/aromatic N) is 2. The Morgan fingerprint density at radius 1 is 1.24 bits per heavy atom. The van der Waals surface area contributed by atoms with Crippen LogP contribution in [-0.4, -0.2) is 43.4 Å². The van der Waals surface area contributed by atoms with Crippen molar-refractivity contribution in [1.82, 2.24) is 15.3 Å². The van der Waals surface area contributed by atoms with E-state index in [2.05, 4.69) is 20.7 Å². The standard InChI is InChI=1S/C15H21N3O2S/c1-19-9-10-20-8-4-6-16-11-13-12-21-15(18-13)14-5-2-3-7-17-14/h2-3,5,7,12,16H,4,6,8-11H2,1H3. The molecule has 114 valence electrons. The number of thiazole rings is 1. The van der Waals surface area contributed by atoms with Crippen LogP contribution in [0.4, 0.5) is 0 Å². The molecule has 0 aliphatic carbocycles. The summed E-state index contributed by atoms with van der Waals surface area (Å²) in [6.45, 7) is 3.77. The maximum absolute atomic E-state index is 5.40. The summed E-state index contributed by atoms with van der Waals surface area (Å²) >= 11 is 1.63. The van der Waals surface area contributed by atoms with Crippen LogP contribution in [0.3, 0.4) is 0 Å². The van der Waals surface area contributed by atoms with Crippen LogP contribution in [0, 0.1) is 0 Å². The lowest BCUT2D eigenvalue weighted by Gasteiger charge is -2.04. The molecule has 0 aliphatic heterocycles. The zero-order chi connectivity index (χ0) is 14.8. The number of hydrogen-bond acceptors (Lipinski definition) is 6. The number of methoxy groups -OCH3 is 1. The van der Waals surface area contributed by atoms with Gasteiger partial charge in [-0.05, 0) is 25.1 Å². The Kier molecular flexibility index (Phi) is 7.31. The fraction of sp³-hybridized carbons (Fsp3) is 0.467. The molecule has 2 aromatic heterocycles. The lowest BCUT2D eigenvalue weighted by Crippen LogP contribution is -2.17. The summed E-state index contributed by atoms with van der Waals surface area (Å²) in [5, 5.41) is 6.41. The van der Waals surface area contributed by atoms with Gasteiger partial charge in [0.25, 0.3) is 0 Å². The highest BCUT2D eigenvalue weighted by Gasteiger charge is 2.04. The Morgan fingerprint density at radius 3 is 3.00 bits per heavy atom. The SMILES string of the molecule is COCCOCCCNCc1csc(-c2ccccn2)n1. The zero-order valence-electron chi connectivity index (χ0n) is 12.2. The fourth-order valence-corrected chi connectivity index (χ4v) is 2.55. The maximum atomic E-state index is 5.40. The normalized spacial score (nSPS) is 10.9. The van der Waals surface area contributed by atoms with Crippen molar-refractivity contribution in [2.45, 2.75) is 13.0 Å². The van der Waals surface area contributed by atoms with E-state index in [0.717, 1.165) is 42.5 Å². The third-order valence-electron chi connectivity index (χ3n) is 2.82. The van der Waals surface area contributed by atoms with Gasteiger partial charge >= 0.3 is 0 Å². The Bertz CT molecular complexity index is 505. The zero-order valence-corrected chi connectivity index (χ0v) is 13.1. The van der Waals surface area contributed by atoms with Gasteiger partial charge in [-0.1, -0.05) is 6.07 Å². The summed E-state index contributed by atoms with van der Waals surface area (Å²) in [5.74, 6) is 0. The van der Waals surface area contributed by atoms with Crippen LogP contribution >= 0.6 is 11.3 Å². The van der Waals surface area contributed by atoms with E-state index in [-0.39, 0.29) is 0 Å². The predicted octanol–water partition coefficient (Wildman–Crippen LogP) is 2.35. The molecule has 0 aromatic carbocycles. The Balaban J connectivity index is 1.63. The van der Waals surface area contributed by atoms with E-state index >= 15 is 0 Å². The minimum atomic E-state index is 0.655. The van der Waals surface area contributed by atoms with Gasteiger partial charge in [0.15, 0.2) is 0 Å². The molecule has 0 saturated heterocycles. The van der Waals surface area contributed by atoms with Crippen molar-refractivity contribution < 1.29 is 9.47 Å². The molecule has 0 amide bonds. The minimum Gasteiger partial charge on any atom is -0.382 e. The highest BCUT2D eigenvalue weighted by Crippen LogP contribution is 2.20. The average Bonchev–Trinajstić information content (AvgIpc) is 3.00. The van der Waals surface area contributed by atoms with Gasteiger partial charge in [0.05, 0.1) is 24.6 Å². The van der Waals surface area contributed by atoms with Crippen molar-refractivity contribution in [3.05, 3.63) is 35.5 Å². The van der Waals surface area contributed by atoms with Gasteiger partial charge in [-0.2, -0.15) is 0 Å². The second-order valence-corrected chi connectivity index (χ2v) is 5.35. The first-order valence-corrected chi connectivity index (χ1v) is 7.91. The molecule has 0 saturated carbocycles. The van der Waals surface area contributed by atoms with Gasteiger partial charge in [0.2, 0.25) is 0 Å². The first kappa shape index (κ1) is 16.0. The fourth-order valence-electron chi connectivity index (χ4n) is 1.76. The van der Waals surface area contributed by atoms with E-state index in [0.29, 0.717) is 13.2 Å². The molecular formula is C15H21N3O2S. The molecule has 0 aliphatic rings. The number of aromatic nitrogens is 2. The average molecular weight is 307 g/mol. The van der Waals surface area contributed by atoms with Crippen molar-refractivity contribution in [2.75, 3.05) is 33.5 Å². The largest absolute Gasteiger partial charge is 0.382 e. The first-order valence-electron chi connectivity index (χ1n) is 7.03. The van der Waals surface area contributed by atoms with Crippen LogP contribution < -0.4 is 5.32 Å². The van der Waals surface area contributed by atoms with E-state index in [1.165, 1.54) is 0 Å². The van der Waals surface area contributed by atoms with E-state index in [1.807, 2.05) is 18.2 Å². The Labute approximate surface area is 129 Å². The number of ether oxygens (including phenoxy) is 2. The highest BCUT2D eigenvalue weighted by molar-refractivity contribution is 7.13. The van der Waals surface area contributed by atoms with Crippen molar-refractivity contribution in [1.29, 1.82) is 0 Å². The van der Waals surface area contributed by atoms with E-state index < -0.39 is 0 Å². The summed E-state index contributed by atoms with van der Waals surface area (Å²) in [5.41, 5.74) is 1.99. The third-order valence-corrected chi connectivity index (χ3v) is 3.73. The molecule has 0 atom stereocenters. The van der Waals surface area contributed by atoms with Gasteiger partial charge in [-0.15, -0.1) is 11.3 Å². The molecule has 2 rings (SSSR count). The first-order chi connectivity index (χ1) is 10.4. The maximum Gasteiger partial charge on any atom is 0.142 e. The molecule has 0 spiro atoms. The van der Waals surface area contributed by atoms with Crippen molar-refractivity contribution in [3.63, 3.8) is 0 Å². The predicted molar refractivity (Wildman–Crippen MR) is 84.4 cm³/mol.